The van der Waals surface area contributed by atoms with Gasteiger partial charge >= 0.3 is 0 Å². The van der Waals surface area contributed by atoms with E-state index >= 15 is 0 Å². The number of nitrogens with one attached hydrogen (secondary N) is 1. The summed E-state index contributed by atoms with van der Waals surface area (Å²) in [6.07, 6.45) is 5.82. The van der Waals surface area contributed by atoms with Gasteiger partial charge in [0.15, 0.2) is 5.16 Å². The van der Waals surface area contributed by atoms with Crippen molar-refractivity contribution in [3.05, 3.63) is 6.07 Å². The van der Waals surface area contributed by atoms with Crippen molar-refractivity contribution in [2.45, 2.75) is 55.5 Å². The molecule has 0 saturated carbocycles. The van der Waals surface area contributed by atoms with Crippen molar-refractivity contribution in [2.24, 2.45) is 0 Å². The minimum absolute atomic E-state index is 0.0982. The van der Waals surface area contributed by atoms with Gasteiger partial charge in [-0.25, -0.2) is 9.97 Å². The van der Waals surface area contributed by atoms with Crippen LogP contribution in [0, 0.1) is 0 Å². The van der Waals surface area contributed by atoms with Crippen molar-refractivity contribution in [3.8, 4) is 11.8 Å². The lowest BCUT2D eigenvalue weighted by molar-refractivity contribution is -0.116. The number of carbonyl (C=O) groups is 1. The van der Waals surface area contributed by atoms with E-state index in [1.165, 1.54) is 33.1 Å². The molecule has 0 aromatic carbocycles. The predicted molar refractivity (Wildman–Crippen MR) is 131 cm³/mol. The molecule has 0 spiro atoms. The molecule has 12 heteroatoms. The maximum absolute atomic E-state index is 12.3. The maximum atomic E-state index is 12.3. The second-order valence-corrected chi connectivity index (χ2v) is 8.72. The number of nitrogens with zero attached hydrogens (tertiary/aromatic N) is 5. The van der Waals surface area contributed by atoms with Crippen LogP contribution < -0.4 is 25.4 Å². The fourth-order valence-electron chi connectivity index (χ4n) is 3.41. The number of rotatable bonds is 12. The summed E-state index contributed by atoms with van der Waals surface area (Å²) in [5.41, 5.74) is 5.98. The van der Waals surface area contributed by atoms with Crippen molar-refractivity contribution < 1.29 is 19.0 Å². The van der Waals surface area contributed by atoms with Crippen LogP contribution in [0.3, 0.4) is 0 Å². The molecule has 3 rings (SSSR count). The Balaban J connectivity index is 1.74. The molecule has 0 aliphatic carbocycles. The van der Waals surface area contributed by atoms with Crippen LogP contribution >= 0.6 is 11.8 Å². The lowest BCUT2D eigenvalue weighted by Crippen LogP contribution is -2.37. The Morgan fingerprint density at radius 1 is 1.09 bits per heavy atom. The highest BCUT2D eigenvalue weighted by molar-refractivity contribution is 7.99. The molecule has 1 fully saturated rings. The van der Waals surface area contributed by atoms with Gasteiger partial charge in [0.25, 0.3) is 0 Å². The summed E-state index contributed by atoms with van der Waals surface area (Å²) in [4.78, 5) is 32.7. The standard InChI is InChI=1S/C22H33N7O4S/c1-4-5-6-7-8-9-17(30)25-16-14-15(23)24-22(26-16)34-18-19(31-2)27-21(28-20(18)32-3)29-10-12-33-13-11-29/h14H,4-13H2,1-3H3,(H3,23,24,25,26,30). The number of ether oxygens (including phenoxy) is 3. The second-order valence-electron chi connectivity index (χ2n) is 7.75. The Kier molecular flexibility index (Phi) is 9.95. The molecule has 0 bridgehead atoms. The summed E-state index contributed by atoms with van der Waals surface area (Å²) >= 11 is 1.16. The van der Waals surface area contributed by atoms with Crippen molar-refractivity contribution >= 4 is 35.3 Å². The minimum Gasteiger partial charge on any atom is -0.480 e. The first-order valence-corrected chi connectivity index (χ1v) is 12.3. The van der Waals surface area contributed by atoms with Crippen LogP contribution in [-0.4, -0.2) is 66.4 Å². The molecule has 0 radical (unpaired) electrons. The Morgan fingerprint density at radius 2 is 1.76 bits per heavy atom. The van der Waals surface area contributed by atoms with Crippen LogP contribution in [0.4, 0.5) is 17.6 Å². The van der Waals surface area contributed by atoms with Gasteiger partial charge in [0, 0.05) is 25.6 Å². The molecule has 1 saturated heterocycles. The third kappa shape index (κ3) is 7.32. The first-order chi connectivity index (χ1) is 16.5. The van der Waals surface area contributed by atoms with E-state index in [2.05, 4.69) is 32.2 Å². The molecule has 0 unspecified atom stereocenters. The number of nitrogen functional groups attached to an aromatic ring is 1. The van der Waals surface area contributed by atoms with E-state index in [0.717, 1.165) is 31.0 Å². The first kappa shape index (κ1) is 25.8. The number of amides is 1. The molecule has 34 heavy (non-hydrogen) atoms. The lowest BCUT2D eigenvalue weighted by Gasteiger charge is -2.27. The van der Waals surface area contributed by atoms with E-state index in [0.29, 0.717) is 66.3 Å². The highest BCUT2D eigenvalue weighted by Crippen LogP contribution is 2.40. The molecule has 3 heterocycles. The van der Waals surface area contributed by atoms with Crippen LogP contribution in [0.5, 0.6) is 11.8 Å². The molecule has 1 aliphatic heterocycles. The number of methoxy groups -OCH3 is 2. The molecule has 1 amide bonds. The van der Waals surface area contributed by atoms with Crippen molar-refractivity contribution in [3.63, 3.8) is 0 Å². The molecular formula is C22H33N7O4S. The Morgan fingerprint density at radius 3 is 2.41 bits per heavy atom. The smallest absolute Gasteiger partial charge is 0.236 e. The zero-order valence-corrected chi connectivity index (χ0v) is 20.8. The fraction of sp³-hybridized carbons (Fsp3) is 0.591. The highest BCUT2D eigenvalue weighted by atomic mass is 32.2. The summed E-state index contributed by atoms with van der Waals surface area (Å²) in [5, 5.41) is 3.13. The van der Waals surface area contributed by atoms with Crippen LogP contribution in [0.1, 0.15) is 45.4 Å². The van der Waals surface area contributed by atoms with Crippen LogP contribution in [0.2, 0.25) is 0 Å². The van der Waals surface area contributed by atoms with Crippen molar-refractivity contribution in [1.29, 1.82) is 0 Å². The number of hydrogen-bond acceptors (Lipinski definition) is 11. The fourth-order valence-corrected chi connectivity index (χ4v) is 4.32. The monoisotopic (exact) mass is 491 g/mol. The van der Waals surface area contributed by atoms with E-state index < -0.39 is 0 Å². The summed E-state index contributed by atoms with van der Waals surface area (Å²) in [7, 11) is 3.06. The second kappa shape index (κ2) is 13.1. The summed E-state index contributed by atoms with van der Waals surface area (Å²) in [5.74, 6) is 1.65. The number of anilines is 3. The quantitative estimate of drug-likeness (QED) is 0.334. The third-order valence-electron chi connectivity index (χ3n) is 5.17. The van der Waals surface area contributed by atoms with E-state index in [4.69, 9.17) is 19.9 Å². The number of unbranched alkanes of at least 4 members (excludes halogenated alkanes) is 4. The van der Waals surface area contributed by atoms with Crippen LogP contribution in [0.25, 0.3) is 0 Å². The average molecular weight is 492 g/mol. The van der Waals surface area contributed by atoms with E-state index in [1.54, 1.807) is 0 Å². The van der Waals surface area contributed by atoms with Gasteiger partial charge in [0.05, 0.1) is 27.4 Å². The Hall–Kier alpha value is -2.86. The van der Waals surface area contributed by atoms with Crippen LogP contribution in [0.15, 0.2) is 16.1 Å². The average Bonchev–Trinajstić information content (AvgIpc) is 2.84. The zero-order valence-electron chi connectivity index (χ0n) is 20.0. The van der Waals surface area contributed by atoms with E-state index in [-0.39, 0.29) is 11.7 Å². The summed E-state index contributed by atoms with van der Waals surface area (Å²) in [6.45, 7) is 4.74. The van der Waals surface area contributed by atoms with Gasteiger partial charge in [-0.15, -0.1) is 0 Å². The van der Waals surface area contributed by atoms with E-state index in [9.17, 15) is 4.79 Å². The lowest BCUT2D eigenvalue weighted by atomic mass is 10.1. The van der Waals surface area contributed by atoms with Gasteiger partial charge in [-0.1, -0.05) is 32.6 Å². The molecule has 11 nitrogen and oxygen atoms in total. The molecule has 0 atom stereocenters. The maximum Gasteiger partial charge on any atom is 0.236 e. The number of hydrogen-bond donors (Lipinski definition) is 2. The van der Waals surface area contributed by atoms with Gasteiger partial charge in [-0.05, 0) is 18.2 Å². The first-order valence-electron chi connectivity index (χ1n) is 11.5. The van der Waals surface area contributed by atoms with Crippen molar-refractivity contribution in [1.82, 2.24) is 19.9 Å². The Bertz CT molecular complexity index is 932. The molecule has 186 valence electrons. The van der Waals surface area contributed by atoms with Gasteiger partial charge in [-0.3, -0.25) is 4.79 Å². The van der Waals surface area contributed by atoms with Crippen molar-refractivity contribution in [2.75, 3.05) is 56.5 Å². The molecule has 2 aromatic rings. The number of carbonyl (C=O) groups excluding carboxylic acids is 1. The molecular weight excluding hydrogens is 458 g/mol. The summed E-state index contributed by atoms with van der Waals surface area (Å²) in [6, 6.07) is 1.53. The molecule has 2 aromatic heterocycles. The number of nitrogens with two attached hydrogens (primary N) is 1. The number of morpholine rings is 1. The van der Waals surface area contributed by atoms with E-state index in [1.807, 2.05) is 4.90 Å². The van der Waals surface area contributed by atoms with Gasteiger partial charge in [0.2, 0.25) is 23.6 Å². The topological polar surface area (TPSA) is 138 Å². The van der Waals surface area contributed by atoms with Crippen LogP contribution in [-0.2, 0) is 9.53 Å². The normalized spacial score (nSPS) is 13.6. The molecule has 3 N–H and O–H groups in total. The largest absolute Gasteiger partial charge is 0.480 e. The predicted octanol–water partition coefficient (Wildman–Crippen LogP) is 3.15. The minimum atomic E-state index is -0.0982. The number of aromatic nitrogens is 4. The SMILES string of the molecule is CCCCCCCC(=O)Nc1cc(N)nc(Sc2c(OC)nc(N3CCOCC3)nc2OC)n1. The summed E-state index contributed by atoms with van der Waals surface area (Å²) < 4.78 is 16.4. The van der Waals surface area contributed by atoms with Gasteiger partial charge in [-0.2, -0.15) is 9.97 Å². The molecule has 1 aliphatic rings. The third-order valence-corrected chi connectivity index (χ3v) is 6.08. The van der Waals surface area contributed by atoms with Gasteiger partial charge in [0.1, 0.15) is 16.5 Å². The zero-order chi connectivity index (χ0) is 24.3. The Labute approximate surface area is 204 Å². The highest BCUT2D eigenvalue weighted by Gasteiger charge is 2.23. The van der Waals surface area contributed by atoms with Gasteiger partial charge < -0.3 is 30.2 Å².